The van der Waals surface area contributed by atoms with Gasteiger partial charge in [0.25, 0.3) is 5.91 Å². The second-order valence-electron chi connectivity index (χ2n) is 16.8. The number of amides is 4. The van der Waals surface area contributed by atoms with E-state index in [2.05, 4.69) is 20.3 Å². The number of hydrogen-bond donors (Lipinski definition) is 3. The minimum Gasteiger partial charge on any atom is -0.486 e. The number of sulfonamides is 1. The van der Waals surface area contributed by atoms with Crippen LogP contribution in [0, 0.1) is 17.8 Å². The van der Waals surface area contributed by atoms with Crippen molar-refractivity contribution in [2.75, 3.05) is 19.8 Å². The van der Waals surface area contributed by atoms with Crippen molar-refractivity contribution in [1.29, 1.82) is 0 Å². The molecule has 2 saturated carbocycles. The summed E-state index contributed by atoms with van der Waals surface area (Å²) in [7, 11) is -3.99. The van der Waals surface area contributed by atoms with Gasteiger partial charge in [-0.05, 0) is 82.4 Å². The number of benzene rings is 1. The first-order chi connectivity index (χ1) is 27.8. The lowest BCUT2D eigenvalue weighted by Crippen LogP contribution is -2.59. The van der Waals surface area contributed by atoms with Crippen LogP contribution in [0.25, 0.3) is 10.8 Å². The van der Waals surface area contributed by atoms with Crippen LogP contribution in [0.3, 0.4) is 0 Å². The van der Waals surface area contributed by atoms with Crippen molar-refractivity contribution in [1.82, 2.24) is 25.2 Å². The Kier molecular flexibility index (Phi) is 11.5. The molecule has 7 rings (SSSR count). The molecule has 3 fully saturated rings. The van der Waals surface area contributed by atoms with E-state index in [1.165, 1.54) is 11.1 Å². The van der Waals surface area contributed by atoms with E-state index in [0.29, 0.717) is 87.9 Å². The van der Waals surface area contributed by atoms with Gasteiger partial charge in [-0.1, -0.05) is 32.4 Å². The summed E-state index contributed by atoms with van der Waals surface area (Å²) in [5.41, 5.74) is -4.52. The summed E-state index contributed by atoms with van der Waals surface area (Å²) in [4.78, 5) is 62.2. The highest BCUT2D eigenvalue weighted by Gasteiger charge is 2.62. The smallest absolute Gasteiger partial charge is 0.427 e. The molecule has 7 atom stereocenters. The molecule has 2 aliphatic carbocycles. The van der Waals surface area contributed by atoms with Gasteiger partial charge < -0.3 is 34.5 Å². The first kappa shape index (κ1) is 42.3. The monoisotopic (exact) mass is 849 g/mol. The van der Waals surface area contributed by atoms with Crippen molar-refractivity contribution in [2.24, 2.45) is 17.8 Å². The van der Waals surface area contributed by atoms with Crippen LogP contribution in [0.1, 0.15) is 79.1 Å². The van der Waals surface area contributed by atoms with Gasteiger partial charge in [0.15, 0.2) is 11.5 Å². The molecular weight excluding hydrogens is 800 g/mol. The zero-order valence-corrected chi connectivity index (χ0v) is 34.1. The van der Waals surface area contributed by atoms with Crippen LogP contribution in [0.15, 0.2) is 36.5 Å². The van der Waals surface area contributed by atoms with Crippen molar-refractivity contribution in [2.45, 2.75) is 120 Å². The molecule has 1 aromatic carbocycles. The molecule has 0 unspecified atom stereocenters. The number of nitrogens with zero attached hydrogens (tertiary/aromatic N) is 2. The van der Waals surface area contributed by atoms with Gasteiger partial charge in [0.05, 0.1) is 11.8 Å². The molecule has 2 aromatic rings. The predicted octanol–water partition coefficient (Wildman–Crippen LogP) is 4.68. The molecule has 1 aromatic heterocycles. The average Bonchev–Trinajstić information content (AvgIpc) is 4.10. The molecule has 3 N–H and O–H groups in total. The first-order valence-electron chi connectivity index (χ1n) is 20.1. The maximum atomic E-state index is 14.9. The standard InChI is InChI=1S/C40H50F3N5O10S/c1-5-23-18-22(2)8-6-7-9-24-20-39(24,36(51)47-59(53,54)26-10-11-26)46-33(49)29-19-25(21-48(29)35(50)31(23)45-37(52)58-38(3,4)40(41,42)43)57-34-28-12-13-30-32(56-17-16-55-30)27(28)14-15-44-34/h7,9,12-15,22-26,29,31H,5-6,8,10-11,16-21H2,1-4H3,(H,45,52)(H,46,49)(H,47,51)/b9-7-/t22-,23-,24-,25-,29+,31+,39-/m1/s1. The minimum absolute atomic E-state index is 0.0341. The van der Waals surface area contributed by atoms with Gasteiger partial charge in [-0.25, -0.2) is 18.2 Å². The number of fused-ring (bicyclic) bond motifs is 5. The van der Waals surface area contributed by atoms with Crippen molar-refractivity contribution in [3.63, 3.8) is 0 Å². The number of carbonyl (C=O) groups is 4. The molecule has 3 aliphatic heterocycles. The van der Waals surface area contributed by atoms with Crippen molar-refractivity contribution >= 4 is 44.6 Å². The Hall–Kier alpha value is -4.81. The average molecular weight is 850 g/mol. The quantitative estimate of drug-likeness (QED) is 0.313. The number of halogens is 3. The lowest BCUT2D eigenvalue weighted by Gasteiger charge is -2.35. The Morgan fingerprint density at radius 1 is 1.07 bits per heavy atom. The lowest BCUT2D eigenvalue weighted by atomic mass is 9.85. The van der Waals surface area contributed by atoms with Crippen LogP contribution in [-0.2, 0) is 29.1 Å². The molecule has 0 radical (unpaired) electrons. The van der Waals surface area contributed by atoms with E-state index < -0.39 is 86.4 Å². The molecule has 0 spiro atoms. The maximum absolute atomic E-state index is 14.9. The van der Waals surface area contributed by atoms with Crippen molar-refractivity contribution < 1.29 is 59.7 Å². The van der Waals surface area contributed by atoms with Crippen LogP contribution in [0.4, 0.5) is 18.0 Å². The number of nitrogens with one attached hydrogen (secondary N) is 3. The van der Waals surface area contributed by atoms with Gasteiger partial charge >= 0.3 is 12.3 Å². The highest BCUT2D eigenvalue weighted by atomic mass is 32.2. The zero-order valence-electron chi connectivity index (χ0n) is 33.3. The van der Waals surface area contributed by atoms with Crippen molar-refractivity contribution in [3.8, 4) is 17.4 Å². The van der Waals surface area contributed by atoms with Gasteiger partial charge in [-0.15, -0.1) is 0 Å². The number of allylic oxidation sites excluding steroid dienone is 1. The lowest BCUT2D eigenvalue weighted by molar-refractivity contribution is -0.244. The Labute approximate surface area is 340 Å². The summed E-state index contributed by atoms with van der Waals surface area (Å²) in [6, 6.07) is 2.45. The van der Waals surface area contributed by atoms with E-state index in [9.17, 15) is 40.8 Å². The van der Waals surface area contributed by atoms with E-state index >= 15 is 0 Å². The predicted molar refractivity (Wildman–Crippen MR) is 206 cm³/mol. The number of aromatic nitrogens is 1. The van der Waals surface area contributed by atoms with Crippen LogP contribution in [-0.4, -0.2) is 103 Å². The Morgan fingerprint density at radius 2 is 1.81 bits per heavy atom. The molecule has 4 amide bonds. The normalized spacial score (nSPS) is 29.5. The van der Waals surface area contributed by atoms with Crippen LogP contribution in [0.5, 0.6) is 17.4 Å². The summed E-state index contributed by atoms with van der Waals surface area (Å²) in [6.07, 6.45) is 0.607. The molecule has 5 aliphatic rings. The first-order valence-corrected chi connectivity index (χ1v) is 21.6. The minimum atomic E-state index is -4.92. The topological polar surface area (TPSA) is 192 Å². The highest BCUT2D eigenvalue weighted by molar-refractivity contribution is 7.91. The van der Waals surface area contributed by atoms with E-state index in [4.69, 9.17) is 18.9 Å². The fourth-order valence-electron chi connectivity index (χ4n) is 8.15. The third-order valence-electron chi connectivity index (χ3n) is 12.0. The number of ether oxygens (including phenoxy) is 4. The molecule has 1 saturated heterocycles. The number of hydrogen-bond acceptors (Lipinski definition) is 11. The summed E-state index contributed by atoms with van der Waals surface area (Å²) < 4.78 is 92.3. The van der Waals surface area contributed by atoms with Crippen LogP contribution < -0.4 is 29.6 Å². The van der Waals surface area contributed by atoms with E-state index in [1.807, 2.05) is 13.0 Å². The SMILES string of the molecule is CC[C@@H]1C[C@H](C)CC/C=C\[C@@H]2C[C@@]2(C(=O)NS(=O)(=O)C2CC2)NC(=O)[C@@H]2C[C@@H](Oc3nccc4c5c(ccc34)OCCO5)CN2C(=O)[C@H]1NC(=O)OC(C)(C)C(F)(F)F. The number of alkyl halides is 3. The number of pyridine rings is 1. The summed E-state index contributed by atoms with van der Waals surface area (Å²) in [5.74, 6) is -2.38. The molecule has 322 valence electrons. The second-order valence-corrected chi connectivity index (χ2v) is 18.7. The third kappa shape index (κ3) is 8.75. The summed E-state index contributed by atoms with van der Waals surface area (Å²) in [5, 5.41) is 5.74. The van der Waals surface area contributed by atoms with E-state index in [-0.39, 0.29) is 31.2 Å². The van der Waals surface area contributed by atoms with Crippen LogP contribution in [0.2, 0.25) is 0 Å². The Balaban J connectivity index is 1.24. The molecule has 4 heterocycles. The Morgan fingerprint density at radius 3 is 2.53 bits per heavy atom. The van der Waals surface area contributed by atoms with Gasteiger partial charge in [0.1, 0.15) is 36.9 Å². The molecule has 0 bridgehead atoms. The highest BCUT2D eigenvalue weighted by Crippen LogP contribution is 2.47. The molecule has 19 heteroatoms. The molecule has 15 nitrogen and oxygen atoms in total. The van der Waals surface area contributed by atoms with Gasteiger partial charge in [0.2, 0.25) is 33.3 Å². The van der Waals surface area contributed by atoms with E-state index in [0.717, 1.165) is 0 Å². The van der Waals surface area contributed by atoms with Crippen LogP contribution >= 0.6 is 0 Å². The zero-order chi connectivity index (χ0) is 42.5. The third-order valence-corrected chi connectivity index (χ3v) is 13.8. The molecular formula is C40H50F3N5O10S. The summed E-state index contributed by atoms with van der Waals surface area (Å²) >= 11 is 0. The second kappa shape index (κ2) is 16.0. The van der Waals surface area contributed by atoms with Gasteiger partial charge in [-0.2, -0.15) is 13.2 Å². The van der Waals surface area contributed by atoms with Gasteiger partial charge in [0, 0.05) is 29.3 Å². The maximum Gasteiger partial charge on any atom is 0.427 e. The Bertz CT molecular complexity index is 2130. The largest absolute Gasteiger partial charge is 0.486 e. The fraction of sp³-hybridized carbons (Fsp3) is 0.625. The molecule has 59 heavy (non-hydrogen) atoms. The van der Waals surface area contributed by atoms with E-state index in [1.54, 1.807) is 31.2 Å². The summed E-state index contributed by atoms with van der Waals surface area (Å²) in [6.45, 7) is 5.64. The number of carbonyl (C=O) groups excluding carboxylic acids is 4. The number of rotatable bonds is 8. The fourth-order valence-corrected chi connectivity index (χ4v) is 9.52. The number of alkyl carbamates (subject to hydrolysis) is 1. The van der Waals surface area contributed by atoms with Crippen molar-refractivity contribution in [3.05, 3.63) is 36.5 Å². The van der Waals surface area contributed by atoms with Gasteiger partial charge in [-0.3, -0.25) is 19.1 Å².